The standard InChI is InChI=1S/C23H33N3O4S/c1-18-5-4-12-25(17-18)23(28)20-10-15-24(16-11-20)22(27)19-6-8-21(9-7-19)31(29,30)26-13-2-3-14-26/h6-9,18,20H,2-5,10-17H2,1H3/t18-/m1/s1. The summed E-state index contributed by atoms with van der Waals surface area (Å²) in [6, 6.07) is 6.29. The minimum atomic E-state index is -3.47. The Morgan fingerprint density at radius 1 is 0.839 bits per heavy atom. The van der Waals surface area contributed by atoms with Crippen LogP contribution < -0.4 is 0 Å². The summed E-state index contributed by atoms with van der Waals surface area (Å²) in [5, 5.41) is 0. The lowest BCUT2D eigenvalue weighted by molar-refractivity contribution is -0.138. The van der Waals surface area contributed by atoms with Gasteiger partial charge < -0.3 is 9.80 Å². The fourth-order valence-electron chi connectivity index (χ4n) is 5.01. The molecule has 0 N–H and O–H groups in total. The molecule has 170 valence electrons. The van der Waals surface area contributed by atoms with Crippen molar-refractivity contribution in [1.82, 2.24) is 14.1 Å². The summed E-state index contributed by atoms with van der Waals surface area (Å²) in [6.45, 7) is 6.15. The number of piperidine rings is 2. The summed E-state index contributed by atoms with van der Waals surface area (Å²) in [5.74, 6) is 0.719. The van der Waals surface area contributed by atoms with E-state index in [4.69, 9.17) is 0 Å². The molecule has 3 aliphatic heterocycles. The molecule has 3 saturated heterocycles. The molecule has 31 heavy (non-hydrogen) atoms. The molecule has 1 atom stereocenters. The molecule has 0 bridgehead atoms. The van der Waals surface area contributed by atoms with E-state index in [2.05, 4.69) is 6.92 Å². The Labute approximate surface area is 185 Å². The van der Waals surface area contributed by atoms with E-state index < -0.39 is 10.0 Å². The van der Waals surface area contributed by atoms with E-state index in [1.165, 1.54) is 22.9 Å². The second-order valence-corrected chi connectivity index (χ2v) is 11.2. The van der Waals surface area contributed by atoms with Crippen LogP contribution in [0.1, 0.15) is 55.8 Å². The van der Waals surface area contributed by atoms with E-state index in [-0.39, 0.29) is 22.6 Å². The maximum atomic E-state index is 12.9. The van der Waals surface area contributed by atoms with E-state index >= 15 is 0 Å². The van der Waals surface area contributed by atoms with Crippen LogP contribution >= 0.6 is 0 Å². The molecule has 3 fully saturated rings. The van der Waals surface area contributed by atoms with Crippen LogP contribution in [0.4, 0.5) is 0 Å². The second-order valence-electron chi connectivity index (χ2n) is 9.23. The Balaban J connectivity index is 1.34. The molecular weight excluding hydrogens is 414 g/mol. The van der Waals surface area contributed by atoms with Crippen LogP contribution in [0.3, 0.4) is 0 Å². The molecule has 0 radical (unpaired) electrons. The summed E-state index contributed by atoms with van der Waals surface area (Å²) in [4.78, 5) is 29.8. The number of nitrogens with zero attached hydrogens (tertiary/aromatic N) is 3. The first kappa shape index (κ1) is 22.3. The third-order valence-electron chi connectivity index (χ3n) is 6.90. The zero-order valence-electron chi connectivity index (χ0n) is 18.3. The maximum Gasteiger partial charge on any atom is 0.253 e. The van der Waals surface area contributed by atoms with E-state index in [1.54, 1.807) is 17.0 Å². The van der Waals surface area contributed by atoms with Gasteiger partial charge in [-0.2, -0.15) is 4.31 Å². The lowest BCUT2D eigenvalue weighted by Gasteiger charge is -2.37. The van der Waals surface area contributed by atoms with Crippen molar-refractivity contribution in [1.29, 1.82) is 0 Å². The number of amides is 2. The monoisotopic (exact) mass is 447 g/mol. The summed E-state index contributed by atoms with van der Waals surface area (Å²) >= 11 is 0. The van der Waals surface area contributed by atoms with Crippen LogP contribution in [-0.2, 0) is 14.8 Å². The van der Waals surface area contributed by atoms with E-state index in [0.717, 1.165) is 32.4 Å². The van der Waals surface area contributed by atoms with Gasteiger partial charge in [0.1, 0.15) is 0 Å². The van der Waals surface area contributed by atoms with Gasteiger partial charge in [0.15, 0.2) is 0 Å². The van der Waals surface area contributed by atoms with Crippen molar-refractivity contribution in [2.45, 2.75) is 50.3 Å². The predicted octanol–water partition coefficient (Wildman–Crippen LogP) is 2.58. The number of hydrogen-bond acceptors (Lipinski definition) is 4. The molecule has 1 aromatic carbocycles. The summed E-state index contributed by atoms with van der Waals surface area (Å²) in [6.07, 6.45) is 5.44. The fraction of sp³-hybridized carbons (Fsp3) is 0.652. The summed E-state index contributed by atoms with van der Waals surface area (Å²) < 4.78 is 26.8. The number of sulfonamides is 1. The predicted molar refractivity (Wildman–Crippen MR) is 118 cm³/mol. The minimum absolute atomic E-state index is 0.00216. The lowest BCUT2D eigenvalue weighted by atomic mass is 9.92. The quantitative estimate of drug-likeness (QED) is 0.711. The first-order valence-corrected chi connectivity index (χ1v) is 13.0. The normalized spacial score (nSPS) is 23.8. The Morgan fingerprint density at radius 2 is 1.48 bits per heavy atom. The molecular formula is C23H33N3O4S. The molecule has 0 aliphatic carbocycles. The zero-order chi connectivity index (χ0) is 22.0. The molecule has 0 unspecified atom stereocenters. The SMILES string of the molecule is C[C@@H]1CCCN(C(=O)C2CCN(C(=O)c3ccc(S(=O)(=O)N4CCCC4)cc3)CC2)C1. The molecule has 2 amide bonds. The van der Waals surface area contributed by atoms with Crippen LogP contribution in [-0.4, -0.2) is 73.6 Å². The van der Waals surface area contributed by atoms with Gasteiger partial charge in [0.25, 0.3) is 5.91 Å². The highest BCUT2D eigenvalue weighted by atomic mass is 32.2. The molecule has 3 heterocycles. The molecule has 0 spiro atoms. The first-order chi connectivity index (χ1) is 14.9. The second kappa shape index (κ2) is 9.28. The Kier molecular flexibility index (Phi) is 6.67. The van der Waals surface area contributed by atoms with Crippen molar-refractivity contribution >= 4 is 21.8 Å². The van der Waals surface area contributed by atoms with Gasteiger partial charge in [-0.1, -0.05) is 6.92 Å². The van der Waals surface area contributed by atoms with Gasteiger partial charge in [0.05, 0.1) is 4.90 Å². The number of hydrogen-bond donors (Lipinski definition) is 0. The third-order valence-corrected chi connectivity index (χ3v) is 8.82. The molecule has 8 heteroatoms. The van der Waals surface area contributed by atoms with Gasteiger partial charge in [-0.25, -0.2) is 8.42 Å². The minimum Gasteiger partial charge on any atom is -0.342 e. The Hall–Kier alpha value is -1.93. The zero-order valence-corrected chi connectivity index (χ0v) is 19.1. The molecule has 0 aromatic heterocycles. The molecule has 4 rings (SSSR count). The van der Waals surface area contributed by atoms with E-state index in [1.807, 2.05) is 4.90 Å². The number of benzene rings is 1. The molecule has 3 aliphatic rings. The Bertz CT molecular complexity index is 901. The Morgan fingerprint density at radius 3 is 2.10 bits per heavy atom. The van der Waals surface area contributed by atoms with E-state index in [0.29, 0.717) is 50.5 Å². The van der Waals surface area contributed by atoms with Gasteiger partial charge in [0.2, 0.25) is 15.9 Å². The van der Waals surface area contributed by atoms with Crippen LogP contribution in [0, 0.1) is 11.8 Å². The summed E-state index contributed by atoms with van der Waals surface area (Å²) in [5.41, 5.74) is 0.495. The number of likely N-dealkylation sites (tertiary alicyclic amines) is 2. The molecule has 7 nitrogen and oxygen atoms in total. The van der Waals surface area contributed by atoms with E-state index in [9.17, 15) is 18.0 Å². The highest BCUT2D eigenvalue weighted by Crippen LogP contribution is 2.25. The van der Waals surface area contributed by atoms with Crippen LogP contribution in [0.25, 0.3) is 0 Å². The fourth-order valence-corrected chi connectivity index (χ4v) is 6.52. The van der Waals surface area contributed by atoms with Crippen molar-refractivity contribution in [3.63, 3.8) is 0 Å². The highest BCUT2D eigenvalue weighted by Gasteiger charge is 2.32. The lowest BCUT2D eigenvalue weighted by Crippen LogP contribution is -2.47. The van der Waals surface area contributed by atoms with Crippen molar-refractivity contribution in [3.8, 4) is 0 Å². The van der Waals surface area contributed by atoms with Gasteiger partial charge in [-0.05, 0) is 68.7 Å². The van der Waals surface area contributed by atoms with Gasteiger partial charge in [0, 0.05) is 50.7 Å². The van der Waals surface area contributed by atoms with Crippen molar-refractivity contribution in [3.05, 3.63) is 29.8 Å². The van der Waals surface area contributed by atoms with Gasteiger partial charge in [-0.3, -0.25) is 9.59 Å². The molecule has 1 aromatic rings. The van der Waals surface area contributed by atoms with Crippen LogP contribution in [0.15, 0.2) is 29.2 Å². The van der Waals surface area contributed by atoms with Crippen LogP contribution in [0.2, 0.25) is 0 Å². The smallest absolute Gasteiger partial charge is 0.253 e. The van der Waals surface area contributed by atoms with Crippen molar-refractivity contribution in [2.75, 3.05) is 39.3 Å². The highest BCUT2D eigenvalue weighted by molar-refractivity contribution is 7.89. The van der Waals surface area contributed by atoms with Crippen molar-refractivity contribution < 1.29 is 18.0 Å². The number of carbonyl (C=O) groups excluding carboxylic acids is 2. The topological polar surface area (TPSA) is 78.0 Å². The maximum absolute atomic E-state index is 12.9. The van der Waals surface area contributed by atoms with Crippen molar-refractivity contribution in [2.24, 2.45) is 11.8 Å². The van der Waals surface area contributed by atoms with Gasteiger partial charge in [-0.15, -0.1) is 0 Å². The number of carbonyl (C=O) groups is 2. The third kappa shape index (κ3) is 4.80. The average molecular weight is 448 g/mol. The van der Waals surface area contributed by atoms with Crippen LogP contribution in [0.5, 0.6) is 0 Å². The largest absolute Gasteiger partial charge is 0.342 e. The average Bonchev–Trinajstić information content (AvgIpc) is 3.34. The first-order valence-electron chi connectivity index (χ1n) is 11.5. The van der Waals surface area contributed by atoms with Gasteiger partial charge >= 0.3 is 0 Å². The number of rotatable bonds is 4. The molecule has 0 saturated carbocycles. The summed E-state index contributed by atoms with van der Waals surface area (Å²) in [7, 11) is -3.47.